The lowest BCUT2D eigenvalue weighted by Gasteiger charge is -2.56. The first-order valence-corrected chi connectivity index (χ1v) is 10.1. The number of esters is 1. The Morgan fingerprint density at radius 3 is 2.39 bits per heavy atom. The quantitative estimate of drug-likeness (QED) is 0.799. The zero-order chi connectivity index (χ0) is 19.3. The molecule has 0 saturated heterocycles. The fourth-order valence-corrected chi connectivity index (χ4v) is 6.18. The van der Waals surface area contributed by atoms with Gasteiger partial charge >= 0.3 is 5.97 Å². The van der Waals surface area contributed by atoms with Crippen LogP contribution in [0.5, 0.6) is 0 Å². The van der Waals surface area contributed by atoms with Crippen molar-refractivity contribution in [1.82, 2.24) is 10.3 Å². The van der Waals surface area contributed by atoms with E-state index in [2.05, 4.69) is 10.3 Å². The highest BCUT2D eigenvalue weighted by Crippen LogP contribution is 2.55. The Balaban J connectivity index is 1.26. The molecule has 4 aliphatic rings. The number of ether oxygens (including phenoxy) is 1. The van der Waals surface area contributed by atoms with Crippen LogP contribution >= 0.6 is 0 Å². The first-order valence-electron chi connectivity index (χ1n) is 10.1. The molecule has 0 aliphatic heterocycles. The van der Waals surface area contributed by atoms with Crippen LogP contribution < -0.4 is 10.9 Å². The number of fused-ring (bicyclic) bond motifs is 1. The van der Waals surface area contributed by atoms with Crippen LogP contribution in [0.1, 0.15) is 48.9 Å². The van der Waals surface area contributed by atoms with Crippen molar-refractivity contribution in [3.8, 4) is 0 Å². The second kappa shape index (κ2) is 6.47. The summed E-state index contributed by atoms with van der Waals surface area (Å²) in [7, 11) is 0. The zero-order valence-corrected chi connectivity index (χ0v) is 15.7. The third kappa shape index (κ3) is 3.11. The molecule has 4 aliphatic carbocycles. The number of rotatable bonds is 4. The van der Waals surface area contributed by atoms with Crippen molar-refractivity contribution in [2.75, 3.05) is 6.61 Å². The van der Waals surface area contributed by atoms with Crippen LogP contribution in [-0.4, -0.2) is 29.0 Å². The molecule has 4 saturated carbocycles. The summed E-state index contributed by atoms with van der Waals surface area (Å²) in [4.78, 5) is 39.6. The van der Waals surface area contributed by atoms with E-state index >= 15 is 0 Å². The van der Waals surface area contributed by atoms with E-state index < -0.39 is 5.97 Å². The van der Waals surface area contributed by atoms with E-state index in [9.17, 15) is 14.4 Å². The summed E-state index contributed by atoms with van der Waals surface area (Å²) in [5.74, 6) is 1.30. The van der Waals surface area contributed by atoms with E-state index in [1.54, 1.807) is 24.3 Å². The van der Waals surface area contributed by atoms with E-state index in [0.29, 0.717) is 10.9 Å². The molecule has 1 amide bonds. The molecule has 0 radical (unpaired) electrons. The minimum absolute atomic E-state index is 0.102. The van der Waals surface area contributed by atoms with Gasteiger partial charge in [0.2, 0.25) is 5.56 Å². The smallest absolute Gasteiger partial charge is 0.339 e. The maximum absolute atomic E-state index is 12.5. The largest absolute Gasteiger partial charge is 0.452 e. The Bertz CT molecular complexity index is 974. The maximum Gasteiger partial charge on any atom is 0.339 e. The molecule has 4 bridgehead atoms. The minimum Gasteiger partial charge on any atom is -0.452 e. The van der Waals surface area contributed by atoms with Crippen molar-refractivity contribution in [1.29, 1.82) is 0 Å². The van der Waals surface area contributed by atoms with Crippen LogP contribution in [0.2, 0.25) is 0 Å². The molecule has 4 fully saturated rings. The highest BCUT2D eigenvalue weighted by Gasteiger charge is 2.51. The molecular formula is C22H24N2O4. The number of carbonyl (C=O) groups excluding carboxylic acids is 2. The molecule has 2 N–H and O–H groups in total. The minimum atomic E-state index is -0.650. The van der Waals surface area contributed by atoms with Crippen LogP contribution in [0.3, 0.4) is 0 Å². The van der Waals surface area contributed by atoms with Crippen molar-refractivity contribution in [2.45, 2.75) is 44.1 Å². The fourth-order valence-electron chi connectivity index (χ4n) is 6.18. The van der Waals surface area contributed by atoms with Gasteiger partial charge in [-0.25, -0.2) is 4.79 Å². The van der Waals surface area contributed by atoms with Crippen molar-refractivity contribution in [2.24, 2.45) is 17.8 Å². The Hall–Kier alpha value is -2.63. The van der Waals surface area contributed by atoms with Gasteiger partial charge < -0.3 is 15.0 Å². The molecule has 28 heavy (non-hydrogen) atoms. The van der Waals surface area contributed by atoms with Gasteiger partial charge in [0.25, 0.3) is 5.91 Å². The molecule has 6 nitrogen and oxygen atoms in total. The SMILES string of the molecule is O=C(COC(=O)c1cc(=O)[nH]c2ccccc12)NC12CC3CC(CC(C3)C1)C2. The van der Waals surface area contributed by atoms with Gasteiger partial charge in [-0.05, 0) is 62.3 Å². The molecule has 0 atom stereocenters. The van der Waals surface area contributed by atoms with Gasteiger partial charge in [0.05, 0.1) is 5.56 Å². The molecule has 1 aromatic carbocycles. The van der Waals surface area contributed by atoms with Crippen molar-refractivity contribution in [3.63, 3.8) is 0 Å². The molecular weight excluding hydrogens is 356 g/mol. The van der Waals surface area contributed by atoms with Gasteiger partial charge in [-0.3, -0.25) is 9.59 Å². The first-order chi connectivity index (χ1) is 13.5. The summed E-state index contributed by atoms with van der Waals surface area (Å²) in [6.45, 7) is -0.318. The Morgan fingerprint density at radius 1 is 1.07 bits per heavy atom. The summed E-state index contributed by atoms with van der Waals surface area (Å²) < 4.78 is 5.26. The van der Waals surface area contributed by atoms with Gasteiger partial charge in [-0.15, -0.1) is 0 Å². The average Bonchev–Trinajstić information content (AvgIpc) is 2.64. The Labute approximate surface area is 162 Å². The van der Waals surface area contributed by atoms with Crippen molar-refractivity contribution >= 4 is 22.8 Å². The van der Waals surface area contributed by atoms with Gasteiger partial charge in [-0.1, -0.05) is 18.2 Å². The van der Waals surface area contributed by atoms with E-state index in [4.69, 9.17) is 4.74 Å². The molecule has 1 aromatic heterocycles. The summed E-state index contributed by atoms with van der Waals surface area (Å²) in [6.07, 6.45) is 7.07. The second-order valence-electron chi connectivity index (χ2n) is 8.92. The van der Waals surface area contributed by atoms with E-state index in [0.717, 1.165) is 37.0 Å². The lowest BCUT2D eigenvalue weighted by Crippen LogP contribution is -2.60. The fraction of sp³-hybridized carbons (Fsp3) is 0.500. The number of aromatic amines is 1. The molecule has 0 unspecified atom stereocenters. The van der Waals surface area contributed by atoms with Gasteiger partial charge in [0.1, 0.15) is 0 Å². The number of benzene rings is 1. The molecule has 0 spiro atoms. The number of pyridine rings is 1. The molecule has 6 heteroatoms. The zero-order valence-electron chi connectivity index (χ0n) is 15.7. The number of para-hydroxylation sites is 1. The third-order valence-electron chi connectivity index (χ3n) is 6.75. The number of nitrogens with one attached hydrogen (secondary N) is 2. The Kier molecular flexibility index (Phi) is 4.03. The molecule has 2 aromatic rings. The third-order valence-corrected chi connectivity index (χ3v) is 6.75. The highest BCUT2D eigenvalue weighted by atomic mass is 16.5. The predicted octanol–water partition coefficient (Wildman–Crippen LogP) is 2.77. The van der Waals surface area contributed by atoms with E-state index in [1.165, 1.54) is 25.3 Å². The summed E-state index contributed by atoms with van der Waals surface area (Å²) in [6, 6.07) is 8.27. The lowest BCUT2D eigenvalue weighted by molar-refractivity contribution is -0.130. The van der Waals surface area contributed by atoms with Gasteiger partial charge in [0, 0.05) is 22.5 Å². The number of H-pyrrole nitrogens is 1. The maximum atomic E-state index is 12.5. The summed E-state index contributed by atoms with van der Waals surface area (Å²) in [5, 5.41) is 3.80. The summed E-state index contributed by atoms with van der Waals surface area (Å²) >= 11 is 0. The van der Waals surface area contributed by atoms with Gasteiger partial charge in [0.15, 0.2) is 6.61 Å². The van der Waals surface area contributed by atoms with Crippen LogP contribution in [-0.2, 0) is 9.53 Å². The molecule has 146 valence electrons. The molecule has 1 heterocycles. The second-order valence-corrected chi connectivity index (χ2v) is 8.92. The number of carbonyl (C=O) groups is 2. The van der Waals surface area contributed by atoms with E-state index in [-0.39, 0.29) is 29.2 Å². The topological polar surface area (TPSA) is 88.3 Å². The Morgan fingerprint density at radius 2 is 1.71 bits per heavy atom. The lowest BCUT2D eigenvalue weighted by atomic mass is 9.53. The number of amides is 1. The van der Waals surface area contributed by atoms with Gasteiger partial charge in [-0.2, -0.15) is 0 Å². The number of aromatic nitrogens is 1. The van der Waals surface area contributed by atoms with Crippen molar-refractivity contribution < 1.29 is 14.3 Å². The predicted molar refractivity (Wildman–Crippen MR) is 104 cm³/mol. The van der Waals surface area contributed by atoms with Crippen LogP contribution in [0, 0.1) is 17.8 Å². The monoisotopic (exact) mass is 380 g/mol. The standard InChI is InChI=1S/C22H24N2O4/c25-19-8-17(16-3-1-2-4-18(16)23-19)21(27)28-12-20(26)24-22-9-13-5-14(10-22)7-15(6-13)11-22/h1-4,8,13-15H,5-7,9-12H2,(H,23,25)(H,24,26). The molecule has 6 rings (SSSR count). The van der Waals surface area contributed by atoms with Crippen molar-refractivity contribution in [3.05, 3.63) is 46.2 Å². The normalized spacial score (nSPS) is 30.4. The van der Waals surface area contributed by atoms with Crippen LogP contribution in [0.25, 0.3) is 10.9 Å². The highest BCUT2D eigenvalue weighted by molar-refractivity contribution is 6.03. The number of hydrogen-bond acceptors (Lipinski definition) is 4. The van der Waals surface area contributed by atoms with Crippen LogP contribution in [0.4, 0.5) is 0 Å². The van der Waals surface area contributed by atoms with Crippen LogP contribution in [0.15, 0.2) is 35.1 Å². The first kappa shape index (κ1) is 17.5. The number of hydrogen-bond donors (Lipinski definition) is 2. The summed E-state index contributed by atoms with van der Waals surface area (Å²) in [5.41, 5.74) is 0.278. The average molecular weight is 380 g/mol. The van der Waals surface area contributed by atoms with E-state index in [1.807, 2.05) is 0 Å².